The average molecular weight is 797 g/mol. The van der Waals surface area contributed by atoms with Crippen LogP contribution in [0.4, 0.5) is 24.1 Å². The summed E-state index contributed by atoms with van der Waals surface area (Å²) in [5.74, 6) is -4.52. The highest BCUT2D eigenvalue weighted by Gasteiger charge is 2.77. The van der Waals surface area contributed by atoms with Crippen LogP contribution in [-0.4, -0.2) is 82.0 Å². The Labute approximate surface area is 324 Å². The molecule has 5 rings (SSSR count). The number of halogens is 3. The van der Waals surface area contributed by atoms with Gasteiger partial charge >= 0.3 is 18.1 Å². The monoisotopic (exact) mass is 796 g/mol. The Kier molecular flexibility index (Phi) is 11.0. The molecular weight excluding hydrogens is 746 g/mol. The number of carbonyl (C=O) groups is 4. The highest BCUT2D eigenvalue weighted by Crippen LogP contribution is 2.60. The number of hydrogen-bond acceptors (Lipinski definition) is 12. The number of benzene rings is 1. The fraction of sp³-hybridized carbons (Fsp3) is 0.641. The SMILES string of the molecule is CC(=O)OC1C(C)=C[C@H]2[C@H](C(C)=C(F)F)CC[C@H](C)[C@@]2(O)[C@@H]1OC(=O)[C@@H]1C[C@@]2(OC(=O)OC(C)(C)C)c3cccc(Cl)c3N(C)O[C@H]2[N+]1(C(=O)[O-])C(C)(C)C. The molecule has 16 heteroatoms. The lowest BCUT2D eigenvalue weighted by Crippen LogP contribution is -2.77. The lowest BCUT2D eigenvalue weighted by atomic mass is 9.56. The molecule has 1 N–H and O–H groups in total. The fourth-order valence-corrected chi connectivity index (χ4v) is 9.62. The van der Waals surface area contributed by atoms with Gasteiger partial charge in [-0.1, -0.05) is 36.7 Å². The number of amides is 1. The number of carboxylic acid groups (broad SMARTS) is 1. The van der Waals surface area contributed by atoms with Gasteiger partial charge in [0.05, 0.1) is 22.7 Å². The van der Waals surface area contributed by atoms with E-state index in [-0.39, 0.29) is 34.7 Å². The first-order chi connectivity index (χ1) is 25.2. The van der Waals surface area contributed by atoms with Crippen LogP contribution < -0.4 is 10.2 Å². The van der Waals surface area contributed by atoms with Crippen LogP contribution in [0.5, 0.6) is 0 Å². The van der Waals surface area contributed by atoms with E-state index in [4.69, 9.17) is 35.4 Å². The topological polar surface area (TPSA) is 161 Å². The second-order valence-corrected chi connectivity index (χ2v) is 17.6. The maximum atomic E-state index is 15.1. The molecule has 1 aromatic carbocycles. The molecule has 1 saturated carbocycles. The first kappa shape index (κ1) is 42.4. The van der Waals surface area contributed by atoms with Crippen molar-refractivity contribution in [3.8, 4) is 0 Å². The van der Waals surface area contributed by atoms with Crippen LogP contribution in [0, 0.1) is 17.8 Å². The second-order valence-electron chi connectivity index (χ2n) is 17.2. The molecular formula is C39H51ClF2N2O11. The van der Waals surface area contributed by atoms with Crippen molar-refractivity contribution in [3.05, 3.63) is 52.1 Å². The van der Waals surface area contributed by atoms with Crippen LogP contribution in [0.15, 0.2) is 41.5 Å². The van der Waals surface area contributed by atoms with E-state index >= 15 is 4.79 Å². The summed E-state index contributed by atoms with van der Waals surface area (Å²) < 4.78 is 50.6. The Hall–Kier alpha value is -3.79. The van der Waals surface area contributed by atoms with E-state index in [1.54, 1.807) is 58.9 Å². The van der Waals surface area contributed by atoms with Crippen molar-refractivity contribution in [3.63, 3.8) is 0 Å². The van der Waals surface area contributed by atoms with Gasteiger partial charge in [-0.05, 0) is 97.3 Å². The van der Waals surface area contributed by atoms with Crippen LogP contribution in [0.1, 0.15) is 94.1 Å². The van der Waals surface area contributed by atoms with Gasteiger partial charge in [0, 0.05) is 25.5 Å². The molecule has 1 amide bonds. The van der Waals surface area contributed by atoms with Crippen LogP contribution in [0.3, 0.4) is 0 Å². The molecule has 0 radical (unpaired) electrons. The number of quaternary nitrogens is 1. The molecule has 55 heavy (non-hydrogen) atoms. The number of ether oxygens (including phenoxy) is 4. The number of esters is 2. The molecule has 1 saturated heterocycles. The van der Waals surface area contributed by atoms with E-state index in [1.807, 2.05) is 0 Å². The molecule has 0 bridgehead atoms. The van der Waals surface area contributed by atoms with Gasteiger partial charge < -0.3 is 34.0 Å². The largest absolute Gasteiger partial charge is 0.510 e. The number of allylic oxidation sites excluding steroid dienone is 1. The fourth-order valence-electron chi connectivity index (χ4n) is 9.33. The molecule has 2 fully saturated rings. The number of nitrogens with zero attached hydrogens (tertiary/aromatic N) is 2. The Bertz CT molecular complexity index is 1820. The Morgan fingerprint density at radius 1 is 1.07 bits per heavy atom. The maximum Gasteiger partial charge on any atom is 0.510 e. The number of anilines is 1. The molecule has 2 aliphatic heterocycles. The number of carbonyl (C=O) groups excluding carboxylic acids is 4. The molecule has 304 valence electrons. The Morgan fingerprint density at radius 2 is 1.71 bits per heavy atom. The third-order valence-electron chi connectivity index (χ3n) is 11.8. The number of hydrogen-bond donors (Lipinski definition) is 1. The zero-order valence-corrected chi connectivity index (χ0v) is 33.8. The zero-order valence-electron chi connectivity index (χ0n) is 33.0. The van der Waals surface area contributed by atoms with E-state index < -0.39 is 106 Å². The number of hydroxylamine groups is 1. The second kappa shape index (κ2) is 14.3. The van der Waals surface area contributed by atoms with Crippen molar-refractivity contribution in [2.75, 3.05) is 12.1 Å². The van der Waals surface area contributed by atoms with Crippen molar-refractivity contribution < 1.29 is 66.4 Å². The molecule has 0 aromatic heterocycles. The van der Waals surface area contributed by atoms with Gasteiger partial charge in [-0.25, -0.2) is 24.0 Å². The third kappa shape index (κ3) is 6.78. The van der Waals surface area contributed by atoms with E-state index in [2.05, 4.69) is 0 Å². The molecule has 0 spiro atoms. The molecule has 4 aliphatic rings. The first-order valence-electron chi connectivity index (χ1n) is 18.3. The van der Waals surface area contributed by atoms with Crippen molar-refractivity contribution >= 4 is 41.5 Å². The van der Waals surface area contributed by atoms with Crippen molar-refractivity contribution in [1.29, 1.82) is 0 Å². The lowest BCUT2D eigenvalue weighted by Gasteiger charge is -2.56. The normalized spacial score (nSPS) is 34.3. The highest BCUT2D eigenvalue weighted by atomic mass is 35.5. The van der Waals surface area contributed by atoms with Gasteiger partial charge in [0.15, 0.2) is 12.2 Å². The van der Waals surface area contributed by atoms with E-state index in [1.165, 1.54) is 39.8 Å². The smallest absolute Gasteiger partial charge is 0.498 e. The zero-order chi connectivity index (χ0) is 41.4. The highest BCUT2D eigenvalue weighted by molar-refractivity contribution is 6.33. The summed E-state index contributed by atoms with van der Waals surface area (Å²) in [6, 6.07) is 2.91. The molecule has 2 unspecified atom stereocenters. The Balaban J connectivity index is 1.74. The summed E-state index contributed by atoms with van der Waals surface area (Å²) in [5.41, 5.74) is -6.13. The summed E-state index contributed by atoms with van der Waals surface area (Å²) >= 11 is 6.66. The van der Waals surface area contributed by atoms with Crippen LogP contribution in [0.2, 0.25) is 5.02 Å². The van der Waals surface area contributed by atoms with Crippen molar-refractivity contribution in [2.45, 2.75) is 135 Å². The predicted molar refractivity (Wildman–Crippen MR) is 192 cm³/mol. The van der Waals surface area contributed by atoms with E-state index in [0.29, 0.717) is 5.57 Å². The number of rotatable bonds is 5. The van der Waals surface area contributed by atoms with Crippen molar-refractivity contribution in [1.82, 2.24) is 0 Å². The number of fused-ring (bicyclic) bond motifs is 4. The lowest BCUT2D eigenvalue weighted by molar-refractivity contribution is -0.967. The predicted octanol–water partition coefficient (Wildman–Crippen LogP) is 6.29. The molecule has 2 aliphatic carbocycles. The minimum absolute atomic E-state index is 0.163. The summed E-state index contributed by atoms with van der Waals surface area (Å²) in [6.07, 6.45) is -8.12. The summed E-state index contributed by atoms with van der Waals surface area (Å²) in [4.78, 5) is 61.5. The van der Waals surface area contributed by atoms with E-state index in [0.717, 1.165) is 6.92 Å². The van der Waals surface area contributed by atoms with Gasteiger partial charge in [0.2, 0.25) is 11.6 Å². The van der Waals surface area contributed by atoms with Gasteiger partial charge in [-0.2, -0.15) is 8.78 Å². The standard InChI is InChI=1S/C39H51ClF2N2O11/c1-19-17-25-23(21(3)31(41)42)16-15-20(2)39(25,50)30(29(19)51-22(4)45)52-32(46)27-18-38(54-35(49)53-37(8,9)10)24-13-12-14-26(40)28(24)43(11)55-33(38)44(27,34(47)48)36(5,6)7/h12-14,17,20,23,25,27,29-30,33,50H,15-16,18H2,1-11H3/t20-,23-,25-,27-,29?,30+,33+,38+,39-,44?/m0/s1. The summed E-state index contributed by atoms with van der Waals surface area (Å²) in [7, 11) is 1.48. The molecule has 13 nitrogen and oxygen atoms in total. The maximum absolute atomic E-state index is 15.1. The first-order valence-corrected chi connectivity index (χ1v) is 18.6. The number of likely N-dealkylation sites (tertiary alicyclic amines) is 1. The molecule has 1 aromatic rings. The van der Waals surface area contributed by atoms with E-state index in [9.17, 15) is 33.4 Å². The van der Waals surface area contributed by atoms with Gasteiger partial charge in [-0.3, -0.25) is 4.79 Å². The van der Waals surface area contributed by atoms with Crippen LogP contribution in [0.25, 0.3) is 0 Å². The van der Waals surface area contributed by atoms with Gasteiger partial charge in [-0.15, -0.1) is 0 Å². The minimum atomic E-state index is -2.08. The van der Waals surface area contributed by atoms with Crippen LogP contribution >= 0.6 is 11.6 Å². The van der Waals surface area contributed by atoms with Crippen LogP contribution in [-0.2, 0) is 39.0 Å². The van der Waals surface area contributed by atoms with Gasteiger partial charge in [0.25, 0.3) is 18.4 Å². The quantitative estimate of drug-likeness (QED) is 0.154. The number of para-hydroxylation sites is 1. The van der Waals surface area contributed by atoms with Gasteiger partial charge in [0.1, 0.15) is 11.2 Å². The molecule has 10 atom stereocenters. The molecule has 2 heterocycles. The Morgan fingerprint density at radius 3 is 2.25 bits per heavy atom. The summed E-state index contributed by atoms with van der Waals surface area (Å²) in [5, 5.41) is 28.1. The average Bonchev–Trinajstić information content (AvgIpc) is 3.35. The third-order valence-corrected chi connectivity index (χ3v) is 12.1. The van der Waals surface area contributed by atoms with Crippen molar-refractivity contribution in [2.24, 2.45) is 17.8 Å². The number of aliphatic hydroxyl groups is 1. The summed E-state index contributed by atoms with van der Waals surface area (Å²) in [6.45, 7) is 15.1. The minimum Gasteiger partial charge on any atom is -0.498 e.